The number of allylic oxidation sites excluding steroid dienone is 9. The van der Waals surface area contributed by atoms with Gasteiger partial charge in [-0.25, -0.2) is 4.79 Å². The SMILES string of the molecule is CC1=C(/C=C/C(C)=C/C=C/C(C)=C\C(=O)NC(CCS(=O)(=O)O)C(=O)O)C(C)(C)CCC1. The first-order valence-corrected chi connectivity index (χ1v) is 12.2. The number of hydrogen-bond donors (Lipinski definition) is 3. The van der Waals surface area contributed by atoms with Gasteiger partial charge in [-0.15, -0.1) is 0 Å². The lowest BCUT2D eigenvalue weighted by Crippen LogP contribution is -2.41. The van der Waals surface area contributed by atoms with E-state index in [-0.39, 0.29) is 5.41 Å². The van der Waals surface area contributed by atoms with Crippen LogP contribution in [-0.4, -0.2) is 41.7 Å². The van der Waals surface area contributed by atoms with Gasteiger partial charge in [0.15, 0.2) is 0 Å². The molecule has 0 aliphatic heterocycles. The van der Waals surface area contributed by atoms with E-state index in [1.54, 1.807) is 19.1 Å². The van der Waals surface area contributed by atoms with Crippen LogP contribution in [0.15, 0.2) is 58.7 Å². The van der Waals surface area contributed by atoms with Crippen molar-refractivity contribution in [3.8, 4) is 0 Å². The van der Waals surface area contributed by atoms with E-state index in [1.807, 2.05) is 13.0 Å². The van der Waals surface area contributed by atoms with Crippen LogP contribution < -0.4 is 5.32 Å². The highest BCUT2D eigenvalue weighted by molar-refractivity contribution is 7.85. The lowest BCUT2D eigenvalue weighted by atomic mass is 9.72. The van der Waals surface area contributed by atoms with E-state index in [1.165, 1.54) is 30.1 Å². The van der Waals surface area contributed by atoms with E-state index in [4.69, 9.17) is 9.66 Å². The zero-order chi connectivity index (χ0) is 24.5. The van der Waals surface area contributed by atoms with Gasteiger partial charge in [-0.1, -0.05) is 55.4 Å². The van der Waals surface area contributed by atoms with Gasteiger partial charge >= 0.3 is 5.97 Å². The average Bonchev–Trinajstić information content (AvgIpc) is 2.63. The zero-order valence-corrected chi connectivity index (χ0v) is 20.3. The summed E-state index contributed by atoms with van der Waals surface area (Å²) in [5, 5.41) is 11.3. The zero-order valence-electron chi connectivity index (χ0n) is 19.5. The van der Waals surface area contributed by atoms with Crippen LogP contribution in [0.2, 0.25) is 0 Å². The number of nitrogens with one attached hydrogen (secondary N) is 1. The van der Waals surface area contributed by atoms with E-state index in [9.17, 15) is 18.0 Å². The molecule has 0 bridgehead atoms. The van der Waals surface area contributed by atoms with Gasteiger partial charge in [0.2, 0.25) is 5.91 Å². The predicted octanol–water partition coefficient (Wildman–Crippen LogP) is 4.37. The molecule has 1 rings (SSSR count). The lowest BCUT2D eigenvalue weighted by Gasteiger charge is -2.32. The quantitative estimate of drug-likeness (QED) is 0.250. The molecule has 1 aliphatic carbocycles. The van der Waals surface area contributed by atoms with Crippen molar-refractivity contribution in [1.82, 2.24) is 5.32 Å². The molecule has 0 spiro atoms. The molecule has 0 saturated heterocycles. The molecule has 3 N–H and O–H groups in total. The first-order chi connectivity index (χ1) is 14.7. The van der Waals surface area contributed by atoms with Crippen LogP contribution in [0.4, 0.5) is 0 Å². The highest BCUT2D eigenvalue weighted by atomic mass is 32.2. The first-order valence-electron chi connectivity index (χ1n) is 10.6. The van der Waals surface area contributed by atoms with E-state index < -0.39 is 40.2 Å². The summed E-state index contributed by atoms with van der Waals surface area (Å²) < 4.78 is 30.3. The molecular formula is C24H35NO6S. The fraction of sp³-hybridized carbons (Fsp3) is 0.500. The Morgan fingerprint density at radius 1 is 1.19 bits per heavy atom. The van der Waals surface area contributed by atoms with Crippen LogP contribution in [0.25, 0.3) is 0 Å². The fourth-order valence-corrected chi connectivity index (χ4v) is 4.16. The Labute approximate surface area is 191 Å². The molecule has 1 atom stereocenters. The minimum absolute atomic E-state index is 0.177. The van der Waals surface area contributed by atoms with Crippen molar-refractivity contribution in [3.05, 3.63) is 58.7 Å². The van der Waals surface area contributed by atoms with Crippen molar-refractivity contribution < 1.29 is 27.7 Å². The lowest BCUT2D eigenvalue weighted by molar-refractivity contribution is -0.141. The molecule has 1 unspecified atom stereocenters. The number of carboxylic acids is 1. The van der Waals surface area contributed by atoms with Crippen molar-refractivity contribution in [3.63, 3.8) is 0 Å². The number of carbonyl (C=O) groups is 2. The Morgan fingerprint density at radius 2 is 1.84 bits per heavy atom. The molecule has 0 radical (unpaired) electrons. The van der Waals surface area contributed by atoms with Gasteiger partial charge in [0.1, 0.15) is 6.04 Å². The van der Waals surface area contributed by atoms with E-state index in [0.29, 0.717) is 5.57 Å². The number of amides is 1. The summed E-state index contributed by atoms with van der Waals surface area (Å²) in [6.07, 6.45) is 14.1. The van der Waals surface area contributed by atoms with Crippen molar-refractivity contribution in [1.29, 1.82) is 0 Å². The van der Waals surface area contributed by atoms with Gasteiger partial charge in [0.25, 0.3) is 10.1 Å². The summed E-state index contributed by atoms with van der Waals surface area (Å²) in [6, 6.07) is -1.41. The Morgan fingerprint density at radius 3 is 2.41 bits per heavy atom. The number of carboxylic acid groups (broad SMARTS) is 1. The first kappa shape index (κ1) is 27.6. The van der Waals surface area contributed by atoms with Crippen LogP contribution >= 0.6 is 0 Å². The van der Waals surface area contributed by atoms with E-state index in [0.717, 1.165) is 12.0 Å². The third-order valence-corrected chi connectivity index (χ3v) is 6.16. The van der Waals surface area contributed by atoms with Crippen LogP contribution in [-0.2, 0) is 19.7 Å². The average molecular weight is 466 g/mol. The maximum absolute atomic E-state index is 12.0. The fourth-order valence-electron chi connectivity index (χ4n) is 3.62. The third kappa shape index (κ3) is 10.2. The second-order valence-corrected chi connectivity index (χ2v) is 10.5. The van der Waals surface area contributed by atoms with Gasteiger partial charge in [-0.05, 0) is 63.0 Å². The summed E-state index contributed by atoms with van der Waals surface area (Å²) in [4.78, 5) is 23.2. The molecule has 1 aliphatic rings. The van der Waals surface area contributed by atoms with E-state index >= 15 is 0 Å². The largest absolute Gasteiger partial charge is 0.480 e. The van der Waals surface area contributed by atoms with Crippen LogP contribution in [0.3, 0.4) is 0 Å². The monoisotopic (exact) mass is 465 g/mol. The Hall–Kier alpha value is -2.45. The second-order valence-electron chi connectivity index (χ2n) is 8.90. The maximum atomic E-state index is 12.0. The normalized spacial score (nSPS) is 18.9. The highest BCUT2D eigenvalue weighted by Crippen LogP contribution is 2.40. The molecule has 0 fully saturated rings. The predicted molar refractivity (Wildman–Crippen MR) is 127 cm³/mol. The van der Waals surface area contributed by atoms with Gasteiger partial charge in [0.05, 0.1) is 5.75 Å². The summed E-state index contributed by atoms with van der Waals surface area (Å²) in [5.74, 6) is -2.78. The number of rotatable bonds is 10. The molecule has 0 heterocycles. The third-order valence-electron chi connectivity index (χ3n) is 5.41. The Balaban J connectivity index is 2.74. The van der Waals surface area contributed by atoms with Gasteiger partial charge < -0.3 is 10.4 Å². The molecule has 0 aromatic rings. The molecule has 0 aromatic carbocycles. The van der Waals surface area contributed by atoms with Crippen molar-refractivity contribution >= 4 is 22.0 Å². The number of hydrogen-bond acceptors (Lipinski definition) is 4. The minimum Gasteiger partial charge on any atom is -0.480 e. The van der Waals surface area contributed by atoms with Gasteiger partial charge in [0, 0.05) is 6.08 Å². The van der Waals surface area contributed by atoms with Gasteiger partial charge in [-0.2, -0.15) is 8.42 Å². The van der Waals surface area contributed by atoms with Crippen molar-refractivity contribution in [2.45, 2.75) is 66.3 Å². The van der Waals surface area contributed by atoms with Crippen LogP contribution in [0.5, 0.6) is 0 Å². The Bertz CT molecular complexity index is 964. The summed E-state index contributed by atoms with van der Waals surface area (Å²) in [7, 11) is -4.31. The van der Waals surface area contributed by atoms with Crippen molar-refractivity contribution in [2.24, 2.45) is 5.41 Å². The molecular weight excluding hydrogens is 430 g/mol. The molecule has 32 heavy (non-hydrogen) atoms. The molecule has 0 saturated carbocycles. The number of carbonyl (C=O) groups excluding carboxylic acids is 1. The topological polar surface area (TPSA) is 121 Å². The smallest absolute Gasteiger partial charge is 0.326 e. The molecule has 0 aromatic heterocycles. The summed E-state index contributed by atoms with van der Waals surface area (Å²) in [6.45, 7) is 10.4. The van der Waals surface area contributed by atoms with Crippen molar-refractivity contribution in [2.75, 3.05) is 5.75 Å². The van der Waals surface area contributed by atoms with Gasteiger partial charge in [-0.3, -0.25) is 9.35 Å². The molecule has 178 valence electrons. The molecule has 7 nitrogen and oxygen atoms in total. The number of aliphatic carboxylic acids is 1. The summed E-state index contributed by atoms with van der Waals surface area (Å²) in [5.41, 5.74) is 4.64. The summed E-state index contributed by atoms with van der Waals surface area (Å²) >= 11 is 0. The molecule has 8 heteroatoms. The van der Waals surface area contributed by atoms with E-state index in [2.05, 4.69) is 38.2 Å². The highest BCUT2D eigenvalue weighted by Gasteiger charge is 2.26. The van der Waals surface area contributed by atoms with Crippen LogP contribution in [0.1, 0.15) is 60.3 Å². The second kappa shape index (κ2) is 12.0. The molecule has 1 amide bonds. The minimum atomic E-state index is -4.31. The van der Waals surface area contributed by atoms with Crippen LogP contribution in [0, 0.1) is 5.41 Å². The standard InChI is InChI=1S/C24H35NO6S/c1-17(11-12-20-19(3)10-7-14-24(20,4)5)8-6-9-18(2)16-22(26)25-21(23(27)28)13-15-32(29,30)31/h6,8-9,11-12,16,21H,7,10,13-15H2,1-5H3,(H,25,26)(H,27,28)(H,29,30,31)/b9-6+,12-11+,17-8+,18-16-. The maximum Gasteiger partial charge on any atom is 0.326 e. The Kier molecular flexibility index (Phi) is 10.3.